The molecule has 0 atom stereocenters. The predicted octanol–water partition coefficient (Wildman–Crippen LogP) is 0.806. The maximum atomic E-state index is 5.77. The molecule has 0 aliphatic rings. The Kier molecular flexibility index (Phi) is 1.73. The van der Waals surface area contributed by atoms with Gasteiger partial charge >= 0.3 is 0 Å². The van der Waals surface area contributed by atoms with E-state index in [1.807, 2.05) is 13.8 Å². The fourth-order valence-electron chi connectivity index (χ4n) is 1.47. The molecule has 5 nitrogen and oxygen atoms in total. The van der Waals surface area contributed by atoms with Crippen molar-refractivity contribution in [2.45, 2.75) is 13.8 Å². The summed E-state index contributed by atoms with van der Waals surface area (Å²) in [6.45, 7) is 3.79. The molecule has 4 N–H and O–H groups in total. The van der Waals surface area contributed by atoms with E-state index in [1.165, 1.54) is 0 Å². The fourth-order valence-corrected chi connectivity index (χ4v) is 1.47. The topological polar surface area (TPSA) is 90.7 Å². The van der Waals surface area contributed by atoms with E-state index >= 15 is 0 Å². The Morgan fingerprint density at radius 1 is 1.14 bits per heavy atom. The number of nitrogens with zero attached hydrogens (tertiary/aromatic N) is 3. The third-order valence-electron chi connectivity index (χ3n) is 2.14. The second-order valence-electron chi connectivity index (χ2n) is 3.22. The van der Waals surface area contributed by atoms with Gasteiger partial charge in [-0.2, -0.15) is 4.98 Å². The largest absolute Gasteiger partial charge is 0.383 e. The Labute approximate surface area is 81.2 Å². The molecule has 0 spiro atoms. The molecule has 2 aromatic heterocycles. The fraction of sp³-hybridized carbons (Fsp3) is 0.222. The van der Waals surface area contributed by atoms with E-state index in [4.69, 9.17) is 11.5 Å². The molecule has 0 aliphatic heterocycles. The van der Waals surface area contributed by atoms with Crippen LogP contribution in [0.25, 0.3) is 10.9 Å². The zero-order chi connectivity index (χ0) is 10.3. The van der Waals surface area contributed by atoms with Gasteiger partial charge in [-0.3, -0.25) is 4.98 Å². The number of rotatable bonds is 0. The van der Waals surface area contributed by atoms with Crippen molar-refractivity contribution in [2.75, 3.05) is 11.5 Å². The second kappa shape index (κ2) is 2.80. The molecule has 0 unspecified atom stereocenters. The van der Waals surface area contributed by atoms with Crippen molar-refractivity contribution in [3.63, 3.8) is 0 Å². The summed E-state index contributed by atoms with van der Waals surface area (Å²) in [6, 6.07) is 0. The molecule has 2 heterocycles. The number of nitrogen functional groups attached to an aromatic ring is 2. The van der Waals surface area contributed by atoms with Crippen LogP contribution < -0.4 is 11.5 Å². The van der Waals surface area contributed by atoms with Crippen LogP contribution >= 0.6 is 0 Å². The van der Waals surface area contributed by atoms with Crippen molar-refractivity contribution in [3.05, 3.63) is 17.5 Å². The summed E-state index contributed by atoms with van der Waals surface area (Å²) >= 11 is 0. The van der Waals surface area contributed by atoms with Crippen molar-refractivity contribution in [3.8, 4) is 0 Å². The lowest BCUT2D eigenvalue weighted by atomic mass is 10.1. The van der Waals surface area contributed by atoms with Crippen LogP contribution in [-0.4, -0.2) is 15.0 Å². The molecule has 0 saturated carbocycles. The first-order chi connectivity index (χ1) is 6.59. The molecule has 0 aromatic carbocycles. The molecular weight excluding hydrogens is 178 g/mol. The lowest BCUT2D eigenvalue weighted by Gasteiger charge is -2.06. The summed E-state index contributed by atoms with van der Waals surface area (Å²) in [5.41, 5.74) is 13.8. The Morgan fingerprint density at radius 3 is 2.57 bits per heavy atom. The number of nitrogens with two attached hydrogens (primary N) is 2. The van der Waals surface area contributed by atoms with Crippen LogP contribution in [0.3, 0.4) is 0 Å². The summed E-state index contributed by atoms with van der Waals surface area (Å²) in [5, 5.41) is 0.840. The maximum absolute atomic E-state index is 5.77. The molecule has 0 amide bonds. The van der Waals surface area contributed by atoms with Gasteiger partial charge in [-0.25, -0.2) is 4.98 Å². The van der Waals surface area contributed by atoms with Crippen LogP contribution in [0.5, 0.6) is 0 Å². The minimum absolute atomic E-state index is 0.186. The predicted molar refractivity (Wildman–Crippen MR) is 55.6 cm³/mol. The molecule has 0 saturated heterocycles. The van der Waals surface area contributed by atoms with E-state index in [0.717, 1.165) is 22.2 Å². The molecule has 5 heteroatoms. The van der Waals surface area contributed by atoms with E-state index < -0.39 is 0 Å². The highest BCUT2D eigenvalue weighted by Gasteiger charge is 2.08. The van der Waals surface area contributed by atoms with E-state index in [1.54, 1.807) is 6.20 Å². The number of fused-ring (bicyclic) bond motifs is 1. The molecule has 72 valence electrons. The zero-order valence-corrected chi connectivity index (χ0v) is 8.07. The maximum Gasteiger partial charge on any atom is 0.222 e. The average molecular weight is 189 g/mol. The molecule has 2 rings (SSSR count). The zero-order valence-electron chi connectivity index (χ0n) is 8.07. The van der Waals surface area contributed by atoms with Crippen molar-refractivity contribution >= 4 is 22.7 Å². The summed E-state index contributed by atoms with van der Waals surface area (Å²) in [7, 11) is 0. The van der Waals surface area contributed by atoms with Crippen molar-refractivity contribution in [1.29, 1.82) is 0 Å². The lowest BCUT2D eigenvalue weighted by Crippen LogP contribution is -2.03. The highest BCUT2D eigenvalue weighted by molar-refractivity contribution is 5.92. The molecular formula is C9H11N5. The normalized spacial score (nSPS) is 10.7. The van der Waals surface area contributed by atoms with Gasteiger partial charge in [0.25, 0.3) is 0 Å². The van der Waals surface area contributed by atoms with Crippen LogP contribution in [0, 0.1) is 13.8 Å². The molecule has 0 radical (unpaired) electrons. The second-order valence-corrected chi connectivity index (χ2v) is 3.22. The highest BCUT2D eigenvalue weighted by Crippen LogP contribution is 2.23. The van der Waals surface area contributed by atoms with Gasteiger partial charge < -0.3 is 11.5 Å². The minimum atomic E-state index is 0.186. The van der Waals surface area contributed by atoms with Gasteiger partial charge in [0.15, 0.2) is 0 Å². The van der Waals surface area contributed by atoms with E-state index in [2.05, 4.69) is 15.0 Å². The van der Waals surface area contributed by atoms with Crippen LogP contribution in [0.4, 0.5) is 11.8 Å². The monoisotopic (exact) mass is 189 g/mol. The summed E-state index contributed by atoms with van der Waals surface area (Å²) in [5.74, 6) is 0.598. The Bertz CT molecular complexity index is 506. The number of hydrogen-bond acceptors (Lipinski definition) is 5. The molecule has 2 aromatic rings. The van der Waals surface area contributed by atoms with Crippen LogP contribution in [-0.2, 0) is 0 Å². The summed E-state index contributed by atoms with van der Waals surface area (Å²) in [6.07, 6.45) is 1.76. The molecule has 0 fully saturated rings. The highest BCUT2D eigenvalue weighted by atomic mass is 15.0. The smallest absolute Gasteiger partial charge is 0.222 e. The first-order valence-electron chi connectivity index (χ1n) is 4.24. The number of hydrogen-bond donors (Lipinski definition) is 2. The van der Waals surface area contributed by atoms with Crippen molar-refractivity contribution in [1.82, 2.24) is 15.0 Å². The van der Waals surface area contributed by atoms with Gasteiger partial charge in [0.2, 0.25) is 5.95 Å². The van der Waals surface area contributed by atoms with Gasteiger partial charge in [0, 0.05) is 11.6 Å². The van der Waals surface area contributed by atoms with E-state index in [-0.39, 0.29) is 5.95 Å². The third-order valence-corrected chi connectivity index (χ3v) is 2.14. The Hall–Kier alpha value is -1.91. The van der Waals surface area contributed by atoms with Crippen LogP contribution in [0.15, 0.2) is 6.20 Å². The third kappa shape index (κ3) is 1.14. The van der Waals surface area contributed by atoms with Gasteiger partial charge in [0.1, 0.15) is 5.82 Å². The number of pyridine rings is 1. The number of aromatic nitrogens is 3. The van der Waals surface area contributed by atoms with Gasteiger partial charge in [-0.05, 0) is 19.4 Å². The Balaban J connectivity index is 3.00. The molecule has 14 heavy (non-hydrogen) atoms. The van der Waals surface area contributed by atoms with E-state index in [0.29, 0.717) is 5.82 Å². The van der Waals surface area contributed by atoms with Gasteiger partial charge in [0.05, 0.1) is 11.2 Å². The number of aryl methyl sites for hydroxylation is 2. The molecule has 0 aliphatic carbocycles. The van der Waals surface area contributed by atoms with Crippen molar-refractivity contribution in [2.24, 2.45) is 0 Å². The lowest BCUT2D eigenvalue weighted by molar-refractivity contribution is 1.15. The minimum Gasteiger partial charge on any atom is -0.383 e. The summed E-state index contributed by atoms with van der Waals surface area (Å²) < 4.78 is 0. The SMILES string of the molecule is Cc1ncc(C)c2c(N)nc(N)nc12. The number of anilines is 2. The van der Waals surface area contributed by atoms with Crippen LogP contribution in [0.1, 0.15) is 11.3 Å². The average Bonchev–Trinajstić information content (AvgIpc) is 2.10. The van der Waals surface area contributed by atoms with Gasteiger partial charge in [-0.1, -0.05) is 0 Å². The van der Waals surface area contributed by atoms with Gasteiger partial charge in [-0.15, -0.1) is 0 Å². The molecule has 0 bridgehead atoms. The van der Waals surface area contributed by atoms with Crippen molar-refractivity contribution < 1.29 is 0 Å². The van der Waals surface area contributed by atoms with E-state index in [9.17, 15) is 0 Å². The Morgan fingerprint density at radius 2 is 1.86 bits per heavy atom. The first kappa shape index (κ1) is 8.68. The quantitative estimate of drug-likeness (QED) is 0.639. The van der Waals surface area contributed by atoms with Crippen LogP contribution in [0.2, 0.25) is 0 Å². The first-order valence-corrected chi connectivity index (χ1v) is 4.24. The standard InChI is InChI=1S/C9H11N5/c1-4-3-12-5(2)7-6(4)8(10)14-9(11)13-7/h3H,1-2H3,(H4,10,11,13,14). The summed E-state index contributed by atoms with van der Waals surface area (Å²) in [4.78, 5) is 12.2.